The zero-order valence-corrected chi connectivity index (χ0v) is 11.3. The summed E-state index contributed by atoms with van der Waals surface area (Å²) in [5, 5.41) is 2.61. The number of nitrogens with one attached hydrogen (secondary N) is 1. The Labute approximate surface area is 109 Å². The lowest BCUT2D eigenvalue weighted by Gasteiger charge is -2.18. The van der Waals surface area contributed by atoms with Gasteiger partial charge in [-0.2, -0.15) is 0 Å². The molecule has 5 nitrogen and oxygen atoms in total. The molecule has 2 atom stereocenters. The van der Waals surface area contributed by atoms with E-state index in [1.165, 1.54) is 7.11 Å². The van der Waals surface area contributed by atoms with Crippen molar-refractivity contribution in [3.05, 3.63) is 11.1 Å². The number of rotatable bonds is 5. The Balaban J connectivity index is 2.55. The zero-order valence-electron chi connectivity index (χ0n) is 9.70. The first kappa shape index (κ1) is 14.2. The van der Waals surface area contributed by atoms with Crippen molar-refractivity contribution in [2.75, 3.05) is 13.7 Å². The predicted molar refractivity (Wildman–Crippen MR) is 65.6 cm³/mol. The van der Waals surface area contributed by atoms with Crippen molar-refractivity contribution in [3.8, 4) is 0 Å². The average molecular weight is 306 g/mol. The highest BCUT2D eigenvalue weighted by molar-refractivity contribution is 9.11. The van der Waals surface area contributed by atoms with Crippen molar-refractivity contribution < 1.29 is 19.1 Å². The molecule has 0 aromatic heterocycles. The summed E-state index contributed by atoms with van der Waals surface area (Å²) in [4.78, 5) is 23.2. The van der Waals surface area contributed by atoms with Gasteiger partial charge in [-0.3, -0.25) is 4.79 Å². The SMILES string of the molecule is C=C(Br)C[C@@H](NC(=O)[C@@H]1CCCO1)C(=O)OC. The van der Waals surface area contributed by atoms with Crippen LogP contribution < -0.4 is 5.32 Å². The van der Waals surface area contributed by atoms with Crippen molar-refractivity contribution >= 4 is 27.8 Å². The molecule has 1 saturated heterocycles. The van der Waals surface area contributed by atoms with E-state index in [0.717, 1.165) is 6.42 Å². The molecule has 0 unspecified atom stereocenters. The van der Waals surface area contributed by atoms with Crippen LogP contribution in [0.15, 0.2) is 11.1 Å². The van der Waals surface area contributed by atoms with Crippen LogP contribution in [0.4, 0.5) is 0 Å². The van der Waals surface area contributed by atoms with Crippen LogP contribution in [0.3, 0.4) is 0 Å². The second-order valence-corrected chi connectivity index (χ2v) is 4.93. The standard InChI is InChI=1S/C11H16BrNO4/c1-7(12)6-8(11(15)16-2)13-10(14)9-4-3-5-17-9/h8-9H,1,3-6H2,2H3,(H,13,14)/t8-,9+/m1/s1. The molecule has 96 valence electrons. The van der Waals surface area contributed by atoms with Gasteiger partial charge in [0.25, 0.3) is 0 Å². The normalized spacial score (nSPS) is 20.7. The molecular weight excluding hydrogens is 290 g/mol. The molecule has 0 aromatic rings. The molecule has 0 aliphatic carbocycles. The molecule has 0 bridgehead atoms. The van der Waals surface area contributed by atoms with Gasteiger partial charge in [0.05, 0.1) is 7.11 Å². The molecule has 1 amide bonds. The Morgan fingerprint density at radius 3 is 2.82 bits per heavy atom. The summed E-state index contributed by atoms with van der Waals surface area (Å²) in [5.74, 6) is -0.761. The van der Waals surface area contributed by atoms with Crippen molar-refractivity contribution in [1.82, 2.24) is 5.32 Å². The lowest BCUT2D eigenvalue weighted by atomic mass is 10.1. The molecule has 0 saturated carbocycles. The summed E-state index contributed by atoms with van der Waals surface area (Å²) in [6, 6.07) is -0.719. The van der Waals surface area contributed by atoms with E-state index in [1.807, 2.05) is 0 Å². The molecule has 1 N–H and O–H groups in total. The Hall–Kier alpha value is -0.880. The van der Waals surface area contributed by atoms with Gasteiger partial charge < -0.3 is 14.8 Å². The van der Waals surface area contributed by atoms with Crippen LogP contribution in [0.5, 0.6) is 0 Å². The van der Waals surface area contributed by atoms with Crippen molar-refractivity contribution in [2.24, 2.45) is 0 Å². The number of ether oxygens (including phenoxy) is 2. The Morgan fingerprint density at radius 2 is 2.35 bits per heavy atom. The van der Waals surface area contributed by atoms with Gasteiger partial charge in [-0.25, -0.2) is 4.79 Å². The molecular formula is C11H16BrNO4. The van der Waals surface area contributed by atoms with Gasteiger partial charge in [0.15, 0.2) is 0 Å². The second-order valence-electron chi connectivity index (χ2n) is 3.81. The summed E-state index contributed by atoms with van der Waals surface area (Å²) in [6.07, 6.45) is 1.40. The van der Waals surface area contributed by atoms with Crippen molar-refractivity contribution in [2.45, 2.75) is 31.4 Å². The first-order valence-electron chi connectivity index (χ1n) is 5.37. The highest BCUT2D eigenvalue weighted by atomic mass is 79.9. The van der Waals surface area contributed by atoms with Gasteiger partial charge in [-0.1, -0.05) is 22.5 Å². The highest BCUT2D eigenvalue weighted by Crippen LogP contribution is 2.14. The van der Waals surface area contributed by atoms with Crippen molar-refractivity contribution in [1.29, 1.82) is 0 Å². The number of carbonyl (C=O) groups excluding carboxylic acids is 2. The van der Waals surface area contributed by atoms with Gasteiger partial charge in [-0.05, 0) is 17.3 Å². The smallest absolute Gasteiger partial charge is 0.328 e. The maximum Gasteiger partial charge on any atom is 0.328 e. The monoisotopic (exact) mass is 305 g/mol. The lowest BCUT2D eigenvalue weighted by molar-refractivity contribution is -0.146. The van der Waals surface area contributed by atoms with Crippen LogP contribution in [0, 0.1) is 0 Å². The van der Waals surface area contributed by atoms with E-state index < -0.39 is 18.1 Å². The molecule has 6 heteroatoms. The van der Waals surface area contributed by atoms with Crippen LogP contribution in [-0.4, -0.2) is 37.7 Å². The van der Waals surface area contributed by atoms with Gasteiger partial charge >= 0.3 is 5.97 Å². The molecule has 0 aromatic carbocycles. The number of esters is 1. The minimum Gasteiger partial charge on any atom is -0.467 e. The number of hydrogen-bond donors (Lipinski definition) is 1. The molecule has 1 heterocycles. The van der Waals surface area contributed by atoms with Crippen LogP contribution in [-0.2, 0) is 19.1 Å². The Kier molecular flexibility index (Phi) is 5.64. The average Bonchev–Trinajstić information content (AvgIpc) is 2.79. The number of carbonyl (C=O) groups is 2. The molecule has 1 rings (SSSR count). The maximum atomic E-state index is 11.8. The van der Waals surface area contributed by atoms with Gasteiger partial charge in [0.1, 0.15) is 12.1 Å². The summed E-state index contributed by atoms with van der Waals surface area (Å²) in [5.41, 5.74) is 0. The van der Waals surface area contributed by atoms with E-state index in [9.17, 15) is 9.59 Å². The number of amides is 1. The first-order valence-corrected chi connectivity index (χ1v) is 6.17. The van der Waals surface area contributed by atoms with Gasteiger partial charge in [-0.15, -0.1) is 0 Å². The van der Waals surface area contributed by atoms with Crippen LogP contribution >= 0.6 is 15.9 Å². The third kappa shape index (κ3) is 4.47. The third-order valence-electron chi connectivity index (χ3n) is 2.45. The summed E-state index contributed by atoms with van der Waals surface area (Å²) < 4.78 is 10.5. The lowest BCUT2D eigenvalue weighted by Crippen LogP contribution is -2.45. The third-order valence-corrected chi connectivity index (χ3v) is 2.77. The van der Waals surface area contributed by atoms with Crippen LogP contribution in [0.2, 0.25) is 0 Å². The Morgan fingerprint density at radius 1 is 1.65 bits per heavy atom. The zero-order chi connectivity index (χ0) is 12.8. The topological polar surface area (TPSA) is 64.6 Å². The fraction of sp³-hybridized carbons (Fsp3) is 0.636. The first-order chi connectivity index (χ1) is 8.04. The van der Waals surface area contributed by atoms with E-state index in [0.29, 0.717) is 23.9 Å². The van der Waals surface area contributed by atoms with E-state index in [1.54, 1.807) is 0 Å². The molecule has 0 spiro atoms. The molecule has 17 heavy (non-hydrogen) atoms. The molecule has 1 aliphatic rings. The van der Waals surface area contributed by atoms with E-state index >= 15 is 0 Å². The molecule has 1 fully saturated rings. The number of halogens is 1. The second kappa shape index (κ2) is 6.76. The fourth-order valence-corrected chi connectivity index (χ4v) is 1.93. The quantitative estimate of drug-likeness (QED) is 0.773. The summed E-state index contributed by atoms with van der Waals surface area (Å²) in [6.45, 7) is 4.23. The highest BCUT2D eigenvalue weighted by Gasteiger charge is 2.28. The van der Waals surface area contributed by atoms with Gasteiger partial charge in [0, 0.05) is 13.0 Å². The number of hydrogen-bond acceptors (Lipinski definition) is 4. The molecule has 0 radical (unpaired) electrons. The molecule has 1 aliphatic heterocycles. The van der Waals surface area contributed by atoms with E-state index in [-0.39, 0.29) is 5.91 Å². The van der Waals surface area contributed by atoms with E-state index in [4.69, 9.17) is 4.74 Å². The van der Waals surface area contributed by atoms with Gasteiger partial charge in [0.2, 0.25) is 5.91 Å². The summed E-state index contributed by atoms with van der Waals surface area (Å²) >= 11 is 3.16. The van der Waals surface area contributed by atoms with E-state index in [2.05, 4.69) is 32.6 Å². The number of methoxy groups -OCH3 is 1. The maximum absolute atomic E-state index is 11.8. The van der Waals surface area contributed by atoms with Crippen LogP contribution in [0.25, 0.3) is 0 Å². The predicted octanol–water partition coefficient (Wildman–Crippen LogP) is 1.12. The summed E-state index contributed by atoms with van der Waals surface area (Å²) in [7, 11) is 1.28. The largest absolute Gasteiger partial charge is 0.467 e. The van der Waals surface area contributed by atoms with Crippen LogP contribution in [0.1, 0.15) is 19.3 Å². The fourth-order valence-electron chi connectivity index (χ4n) is 1.61. The van der Waals surface area contributed by atoms with Crippen molar-refractivity contribution in [3.63, 3.8) is 0 Å². The minimum absolute atomic E-state index is 0.272. The Bertz CT molecular complexity index is 313. The minimum atomic E-state index is -0.719.